The summed E-state index contributed by atoms with van der Waals surface area (Å²) in [5.41, 5.74) is 7.05. The van der Waals surface area contributed by atoms with E-state index in [0.29, 0.717) is 4.88 Å². The molecule has 28 heavy (non-hydrogen) atoms. The van der Waals surface area contributed by atoms with Gasteiger partial charge in [0, 0.05) is 11.8 Å². The largest absolute Gasteiger partial charge is 0.349 e. The molecule has 1 atom stereocenters. The standard InChI is InChI=1S/C21H25N3O3S/c1-14(25)22-17(15-8-4-2-5-9-15)13-20(26)23-24-21(27)19-12-16-10-6-3-7-11-18(16)28-19/h2,4-5,8-9,12,17H,3,6-7,10-11,13H2,1H3,(H,22,25)(H,23,26)(H,24,27). The number of carbonyl (C=O) groups excluding carboxylic acids is 3. The summed E-state index contributed by atoms with van der Waals surface area (Å²) in [7, 11) is 0. The van der Waals surface area contributed by atoms with Gasteiger partial charge in [-0.05, 0) is 42.9 Å². The number of amides is 3. The van der Waals surface area contributed by atoms with Gasteiger partial charge in [0.05, 0.1) is 17.3 Å². The number of thiophene rings is 1. The maximum atomic E-state index is 12.4. The van der Waals surface area contributed by atoms with Crippen LogP contribution in [0.5, 0.6) is 0 Å². The molecule has 1 unspecified atom stereocenters. The second kappa shape index (κ2) is 9.50. The third-order valence-corrected chi connectivity index (χ3v) is 5.99. The van der Waals surface area contributed by atoms with Gasteiger partial charge in [-0.15, -0.1) is 11.3 Å². The molecule has 7 heteroatoms. The van der Waals surface area contributed by atoms with Crippen LogP contribution in [0.1, 0.15) is 64.3 Å². The maximum Gasteiger partial charge on any atom is 0.279 e. The zero-order valence-electron chi connectivity index (χ0n) is 15.9. The molecule has 0 saturated carbocycles. The highest BCUT2D eigenvalue weighted by molar-refractivity contribution is 7.14. The normalized spacial score (nSPS) is 14.3. The van der Waals surface area contributed by atoms with Gasteiger partial charge in [0.25, 0.3) is 5.91 Å². The lowest BCUT2D eigenvalue weighted by Crippen LogP contribution is -2.43. The Balaban J connectivity index is 1.56. The number of carbonyl (C=O) groups is 3. The summed E-state index contributed by atoms with van der Waals surface area (Å²) < 4.78 is 0. The Kier molecular flexibility index (Phi) is 6.81. The number of aryl methyl sites for hydroxylation is 2. The Hall–Kier alpha value is -2.67. The van der Waals surface area contributed by atoms with Gasteiger partial charge in [-0.25, -0.2) is 0 Å². The molecule has 3 rings (SSSR count). The van der Waals surface area contributed by atoms with Crippen molar-refractivity contribution in [1.29, 1.82) is 0 Å². The zero-order chi connectivity index (χ0) is 19.9. The third kappa shape index (κ3) is 5.42. The first-order chi connectivity index (χ1) is 13.5. The lowest BCUT2D eigenvalue weighted by molar-refractivity contribution is -0.123. The second-order valence-electron chi connectivity index (χ2n) is 6.99. The predicted octanol–water partition coefficient (Wildman–Crippen LogP) is 3.05. The van der Waals surface area contributed by atoms with E-state index in [-0.39, 0.29) is 24.1 Å². The van der Waals surface area contributed by atoms with E-state index < -0.39 is 6.04 Å². The molecule has 3 N–H and O–H groups in total. The Morgan fingerprint density at radius 2 is 1.79 bits per heavy atom. The molecule has 6 nitrogen and oxygen atoms in total. The molecule has 0 spiro atoms. The van der Waals surface area contributed by atoms with Crippen LogP contribution in [0.15, 0.2) is 36.4 Å². The first-order valence-corrected chi connectivity index (χ1v) is 10.4. The van der Waals surface area contributed by atoms with Crippen LogP contribution in [0, 0.1) is 0 Å². The van der Waals surface area contributed by atoms with E-state index in [1.165, 1.54) is 35.1 Å². The molecule has 3 amide bonds. The van der Waals surface area contributed by atoms with Gasteiger partial charge in [0.2, 0.25) is 11.8 Å². The minimum atomic E-state index is -0.451. The third-order valence-electron chi connectivity index (χ3n) is 4.75. The van der Waals surface area contributed by atoms with Gasteiger partial charge >= 0.3 is 0 Å². The number of hydrogen-bond acceptors (Lipinski definition) is 4. The van der Waals surface area contributed by atoms with E-state index >= 15 is 0 Å². The summed E-state index contributed by atoms with van der Waals surface area (Å²) in [5.74, 6) is -0.887. The van der Waals surface area contributed by atoms with E-state index in [1.54, 1.807) is 0 Å². The summed E-state index contributed by atoms with van der Waals surface area (Å²) in [6, 6.07) is 10.8. The number of fused-ring (bicyclic) bond motifs is 1. The highest BCUT2D eigenvalue weighted by Gasteiger charge is 2.19. The van der Waals surface area contributed by atoms with Crippen LogP contribution >= 0.6 is 11.3 Å². The fourth-order valence-corrected chi connectivity index (χ4v) is 4.54. The van der Waals surface area contributed by atoms with Gasteiger partial charge in [-0.2, -0.15) is 0 Å². The minimum Gasteiger partial charge on any atom is -0.349 e. The first-order valence-electron chi connectivity index (χ1n) is 9.55. The Morgan fingerprint density at radius 1 is 1.04 bits per heavy atom. The van der Waals surface area contributed by atoms with Crippen LogP contribution < -0.4 is 16.2 Å². The SMILES string of the molecule is CC(=O)NC(CC(=O)NNC(=O)c1cc2c(s1)CCCCC2)c1ccccc1. The molecule has 148 valence electrons. The van der Waals surface area contributed by atoms with Crippen molar-refractivity contribution in [1.82, 2.24) is 16.2 Å². The summed E-state index contributed by atoms with van der Waals surface area (Å²) in [5, 5.41) is 2.77. The molecule has 1 aliphatic rings. The molecular formula is C21H25N3O3S. The summed E-state index contributed by atoms with van der Waals surface area (Å²) >= 11 is 1.51. The van der Waals surface area contributed by atoms with Gasteiger partial charge in [-0.3, -0.25) is 25.2 Å². The first kappa shape index (κ1) is 20.1. The number of rotatable bonds is 5. The highest BCUT2D eigenvalue weighted by Crippen LogP contribution is 2.28. The smallest absolute Gasteiger partial charge is 0.279 e. The van der Waals surface area contributed by atoms with Crippen LogP contribution in [0.25, 0.3) is 0 Å². The highest BCUT2D eigenvalue weighted by atomic mass is 32.1. The fraction of sp³-hybridized carbons (Fsp3) is 0.381. The van der Waals surface area contributed by atoms with Crippen molar-refractivity contribution in [2.75, 3.05) is 0 Å². The van der Waals surface area contributed by atoms with Crippen molar-refractivity contribution in [3.8, 4) is 0 Å². The lowest BCUT2D eigenvalue weighted by atomic mass is 10.0. The Labute approximate surface area is 168 Å². The Bertz CT molecular complexity index is 824. The van der Waals surface area contributed by atoms with E-state index in [1.807, 2.05) is 36.4 Å². The fourth-order valence-electron chi connectivity index (χ4n) is 3.39. The topological polar surface area (TPSA) is 87.3 Å². The summed E-state index contributed by atoms with van der Waals surface area (Å²) in [4.78, 5) is 38.1. The molecule has 0 saturated heterocycles. The molecule has 2 aromatic rings. The average molecular weight is 400 g/mol. The van der Waals surface area contributed by atoms with Gasteiger partial charge < -0.3 is 5.32 Å². The van der Waals surface area contributed by atoms with Crippen molar-refractivity contribution in [2.45, 2.75) is 51.5 Å². The lowest BCUT2D eigenvalue weighted by Gasteiger charge is -2.18. The van der Waals surface area contributed by atoms with Crippen molar-refractivity contribution < 1.29 is 14.4 Å². The average Bonchev–Trinajstić information content (AvgIpc) is 2.96. The van der Waals surface area contributed by atoms with Gasteiger partial charge in [0.15, 0.2) is 0 Å². The van der Waals surface area contributed by atoms with Crippen LogP contribution in [0.4, 0.5) is 0 Å². The van der Waals surface area contributed by atoms with E-state index in [2.05, 4.69) is 16.2 Å². The molecule has 0 fully saturated rings. The number of hydrazine groups is 1. The van der Waals surface area contributed by atoms with Crippen molar-refractivity contribution >= 4 is 29.1 Å². The molecule has 0 aliphatic heterocycles. The molecular weight excluding hydrogens is 374 g/mol. The van der Waals surface area contributed by atoms with Crippen LogP contribution in [0.3, 0.4) is 0 Å². The summed E-state index contributed by atoms with van der Waals surface area (Å²) in [6.07, 6.45) is 5.62. The molecule has 1 aromatic heterocycles. The predicted molar refractivity (Wildman–Crippen MR) is 109 cm³/mol. The van der Waals surface area contributed by atoms with Crippen LogP contribution in [-0.4, -0.2) is 17.7 Å². The molecule has 1 aromatic carbocycles. The molecule has 0 bridgehead atoms. The van der Waals surface area contributed by atoms with E-state index in [9.17, 15) is 14.4 Å². The van der Waals surface area contributed by atoms with Gasteiger partial charge in [0.1, 0.15) is 0 Å². The van der Waals surface area contributed by atoms with Crippen LogP contribution in [-0.2, 0) is 22.4 Å². The minimum absolute atomic E-state index is 0.0326. The van der Waals surface area contributed by atoms with Crippen molar-refractivity contribution in [3.63, 3.8) is 0 Å². The number of hydrogen-bond donors (Lipinski definition) is 3. The monoisotopic (exact) mass is 399 g/mol. The quantitative estimate of drug-likeness (QED) is 0.533. The number of nitrogens with one attached hydrogen (secondary N) is 3. The van der Waals surface area contributed by atoms with Crippen molar-refractivity contribution in [3.05, 3.63) is 57.3 Å². The van der Waals surface area contributed by atoms with Gasteiger partial charge in [-0.1, -0.05) is 36.8 Å². The Morgan fingerprint density at radius 3 is 2.54 bits per heavy atom. The second-order valence-corrected chi connectivity index (χ2v) is 8.13. The van der Waals surface area contributed by atoms with Crippen molar-refractivity contribution in [2.24, 2.45) is 0 Å². The maximum absolute atomic E-state index is 12.4. The molecule has 0 radical (unpaired) electrons. The van der Waals surface area contributed by atoms with Crippen LogP contribution in [0.2, 0.25) is 0 Å². The molecule has 1 aliphatic carbocycles. The number of benzene rings is 1. The van der Waals surface area contributed by atoms with E-state index in [0.717, 1.165) is 31.2 Å². The zero-order valence-corrected chi connectivity index (χ0v) is 16.7. The molecule has 1 heterocycles. The van der Waals surface area contributed by atoms with E-state index in [4.69, 9.17) is 0 Å². The summed E-state index contributed by atoms with van der Waals surface area (Å²) in [6.45, 7) is 1.41.